The highest BCUT2D eigenvalue weighted by atomic mass is 127. The topological polar surface area (TPSA) is 70.4 Å². The fraction of sp³-hybridized carbons (Fsp3) is 0.421. The molecular formula is C19H26IN7. The number of halogens is 1. The minimum Gasteiger partial charge on any atom is -0.364 e. The summed E-state index contributed by atoms with van der Waals surface area (Å²) in [6.45, 7) is 3.56. The van der Waals surface area contributed by atoms with Crippen LogP contribution in [0.15, 0.2) is 47.7 Å². The van der Waals surface area contributed by atoms with Crippen LogP contribution in [0.5, 0.6) is 0 Å². The van der Waals surface area contributed by atoms with Gasteiger partial charge in [0.2, 0.25) is 0 Å². The molecule has 0 amide bonds. The molecule has 1 aromatic heterocycles. The summed E-state index contributed by atoms with van der Waals surface area (Å²) < 4.78 is 1.97. The smallest absolute Gasteiger partial charge is 0.191 e. The number of hydrogen-bond donors (Lipinski definition) is 2. The molecule has 8 heteroatoms. The van der Waals surface area contributed by atoms with Crippen molar-refractivity contribution in [3.63, 3.8) is 0 Å². The Morgan fingerprint density at radius 1 is 1.30 bits per heavy atom. The van der Waals surface area contributed by atoms with E-state index in [0.717, 1.165) is 50.8 Å². The molecule has 0 saturated carbocycles. The maximum Gasteiger partial charge on any atom is 0.191 e. The molecule has 27 heavy (non-hydrogen) atoms. The number of aryl methyl sites for hydroxylation is 1. The van der Waals surface area contributed by atoms with Crippen LogP contribution in [0, 0.1) is 0 Å². The third-order valence-electron chi connectivity index (χ3n) is 4.92. The molecule has 1 atom stereocenters. The van der Waals surface area contributed by atoms with E-state index in [2.05, 4.69) is 67.0 Å². The molecule has 0 bridgehead atoms. The summed E-state index contributed by atoms with van der Waals surface area (Å²) in [6.07, 6.45) is 8.04. The molecule has 0 spiro atoms. The second-order valence-corrected chi connectivity index (χ2v) is 6.71. The van der Waals surface area contributed by atoms with E-state index in [-0.39, 0.29) is 24.0 Å². The van der Waals surface area contributed by atoms with Crippen molar-refractivity contribution in [2.75, 3.05) is 25.0 Å². The summed E-state index contributed by atoms with van der Waals surface area (Å²) in [6, 6.07) is 9.00. The molecule has 0 radical (unpaired) electrons. The molecule has 2 aliphatic heterocycles. The summed E-state index contributed by atoms with van der Waals surface area (Å²) in [5.74, 6) is 1.89. The molecular weight excluding hydrogens is 453 g/mol. The molecule has 1 unspecified atom stereocenters. The van der Waals surface area contributed by atoms with Crippen molar-refractivity contribution in [2.45, 2.75) is 32.0 Å². The van der Waals surface area contributed by atoms with Gasteiger partial charge in [-0.15, -0.1) is 24.0 Å². The SMILES string of the molecule is CN=C(NCc1cccc(N2CC=CC2)c1)NC1CCc2ncnn2C1.I. The minimum atomic E-state index is 0. The summed E-state index contributed by atoms with van der Waals surface area (Å²) in [5.41, 5.74) is 2.52. The molecule has 1 aromatic carbocycles. The molecule has 0 saturated heterocycles. The van der Waals surface area contributed by atoms with E-state index in [1.165, 1.54) is 11.3 Å². The first kappa shape index (κ1) is 19.7. The molecule has 4 rings (SSSR count). The molecule has 0 fully saturated rings. The molecule has 3 heterocycles. The number of fused-ring (bicyclic) bond motifs is 1. The summed E-state index contributed by atoms with van der Waals surface area (Å²) in [5, 5.41) is 11.2. The quantitative estimate of drug-likeness (QED) is 0.304. The van der Waals surface area contributed by atoms with Crippen LogP contribution < -0.4 is 15.5 Å². The zero-order valence-corrected chi connectivity index (χ0v) is 17.8. The van der Waals surface area contributed by atoms with Crippen molar-refractivity contribution in [2.24, 2.45) is 4.99 Å². The van der Waals surface area contributed by atoms with Crippen LogP contribution >= 0.6 is 24.0 Å². The van der Waals surface area contributed by atoms with Gasteiger partial charge >= 0.3 is 0 Å². The number of nitrogens with one attached hydrogen (secondary N) is 2. The lowest BCUT2D eigenvalue weighted by molar-refractivity contribution is 0.392. The first-order valence-corrected chi connectivity index (χ1v) is 9.14. The highest BCUT2D eigenvalue weighted by Crippen LogP contribution is 2.18. The van der Waals surface area contributed by atoms with Gasteiger partial charge in [-0.1, -0.05) is 24.3 Å². The van der Waals surface area contributed by atoms with Gasteiger partial charge in [-0.05, 0) is 24.1 Å². The predicted octanol–water partition coefficient (Wildman–Crippen LogP) is 1.95. The zero-order valence-electron chi connectivity index (χ0n) is 15.5. The predicted molar refractivity (Wildman–Crippen MR) is 119 cm³/mol. The van der Waals surface area contributed by atoms with Gasteiger partial charge in [0.1, 0.15) is 12.2 Å². The van der Waals surface area contributed by atoms with E-state index in [4.69, 9.17) is 0 Å². The average molecular weight is 479 g/mol. The summed E-state index contributed by atoms with van der Waals surface area (Å²) in [4.78, 5) is 11.0. The minimum absolute atomic E-state index is 0. The van der Waals surface area contributed by atoms with Crippen LogP contribution in [0.3, 0.4) is 0 Å². The number of hydrogen-bond acceptors (Lipinski definition) is 4. The third kappa shape index (κ3) is 4.79. The fourth-order valence-electron chi connectivity index (χ4n) is 3.48. The van der Waals surface area contributed by atoms with Gasteiger partial charge in [0.25, 0.3) is 0 Å². The Bertz CT molecular complexity index is 806. The maximum atomic E-state index is 4.37. The highest BCUT2D eigenvalue weighted by Gasteiger charge is 2.20. The van der Waals surface area contributed by atoms with Gasteiger partial charge in [-0.3, -0.25) is 4.99 Å². The van der Waals surface area contributed by atoms with Crippen LogP contribution in [-0.4, -0.2) is 46.9 Å². The van der Waals surface area contributed by atoms with Crippen LogP contribution in [-0.2, 0) is 19.5 Å². The molecule has 144 valence electrons. The number of nitrogens with zero attached hydrogens (tertiary/aromatic N) is 5. The van der Waals surface area contributed by atoms with Crippen molar-refractivity contribution in [1.29, 1.82) is 0 Å². The highest BCUT2D eigenvalue weighted by molar-refractivity contribution is 14.0. The first-order valence-electron chi connectivity index (χ1n) is 9.14. The van der Waals surface area contributed by atoms with Gasteiger partial charge in [0, 0.05) is 44.8 Å². The average Bonchev–Trinajstić information content (AvgIpc) is 3.36. The Labute approximate surface area is 177 Å². The Morgan fingerprint density at radius 3 is 2.96 bits per heavy atom. The zero-order chi connectivity index (χ0) is 17.8. The first-order chi connectivity index (χ1) is 12.8. The van der Waals surface area contributed by atoms with Crippen molar-refractivity contribution < 1.29 is 0 Å². The number of anilines is 1. The van der Waals surface area contributed by atoms with E-state index in [1.807, 2.05) is 11.7 Å². The van der Waals surface area contributed by atoms with Gasteiger partial charge in [-0.25, -0.2) is 9.67 Å². The lowest BCUT2D eigenvalue weighted by Crippen LogP contribution is -2.46. The second-order valence-electron chi connectivity index (χ2n) is 6.71. The molecule has 2 N–H and O–H groups in total. The normalized spacial score (nSPS) is 18.8. The number of aliphatic imine (C=N–C) groups is 1. The molecule has 7 nitrogen and oxygen atoms in total. The van der Waals surface area contributed by atoms with Gasteiger partial charge in [-0.2, -0.15) is 5.10 Å². The van der Waals surface area contributed by atoms with Crippen LogP contribution in [0.4, 0.5) is 5.69 Å². The molecule has 2 aromatic rings. The third-order valence-corrected chi connectivity index (χ3v) is 4.92. The van der Waals surface area contributed by atoms with E-state index in [0.29, 0.717) is 6.04 Å². The Balaban J connectivity index is 0.00000210. The van der Waals surface area contributed by atoms with E-state index < -0.39 is 0 Å². The van der Waals surface area contributed by atoms with Crippen molar-refractivity contribution in [1.82, 2.24) is 25.4 Å². The summed E-state index contributed by atoms with van der Waals surface area (Å²) in [7, 11) is 1.81. The van der Waals surface area contributed by atoms with Gasteiger partial charge in [0.15, 0.2) is 5.96 Å². The lowest BCUT2D eigenvalue weighted by atomic mass is 10.1. The van der Waals surface area contributed by atoms with Crippen LogP contribution in [0.25, 0.3) is 0 Å². The van der Waals surface area contributed by atoms with Crippen molar-refractivity contribution in [3.05, 3.63) is 54.1 Å². The fourth-order valence-corrected chi connectivity index (χ4v) is 3.48. The van der Waals surface area contributed by atoms with Gasteiger partial charge in [0.05, 0.1) is 6.54 Å². The number of rotatable bonds is 4. The van der Waals surface area contributed by atoms with Crippen molar-refractivity contribution in [3.8, 4) is 0 Å². The van der Waals surface area contributed by atoms with Crippen LogP contribution in [0.1, 0.15) is 17.8 Å². The van der Waals surface area contributed by atoms with Crippen LogP contribution in [0.2, 0.25) is 0 Å². The monoisotopic (exact) mass is 479 g/mol. The number of aromatic nitrogens is 3. The Morgan fingerprint density at radius 2 is 2.15 bits per heavy atom. The van der Waals surface area contributed by atoms with Crippen molar-refractivity contribution >= 4 is 35.6 Å². The van der Waals surface area contributed by atoms with E-state index in [1.54, 1.807) is 6.33 Å². The summed E-state index contributed by atoms with van der Waals surface area (Å²) >= 11 is 0. The van der Waals surface area contributed by atoms with E-state index in [9.17, 15) is 0 Å². The largest absolute Gasteiger partial charge is 0.364 e. The lowest BCUT2D eigenvalue weighted by Gasteiger charge is -2.25. The van der Waals surface area contributed by atoms with Gasteiger partial charge < -0.3 is 15.5 Å². The Hall–Kier alpha value is -2.10. The standard InChI is InChI=1S/C19H25N7.HI/c1-20-19(24-16-7-8-18-22-14-23-26(18)13-16)21-12-15-5-4-6-17(11-15)25-9-2-3-10-25;/h2-6,11,14,16H,7-10,12-13H2,1H3,(H2,20,21,24);1H. The van der Waals surface area contributed by atoms with E-state index >= 15 is 0 Å². The Kier molecular flexibility index (Phi) is 6.70. The number of benzene rings is 1. The number of guanidine groups is 1. The maximum absolute atomic E-state index is 4.37. The molecule has 0 aliphatic carbocycles. The second kappa shape index (κ2) is 9.20. The molecule has 2 aliphatic rings.